The molecule has 0 saturated carbocycles. The zero-order chi connectivity index (χ0) is 16.8. The Hall–Kier alpha value is -2.34. The van der Waals surface area contributed by atoms with Crippen LogP contribution in [0.25, 0.3) is 5.69 Å². The van der Waals surface area contributed by atoms with Crippen LogP contribution in [0.5, 0.6) is 0 Å². The van der Waals surface area contributed by atoms with Gasteiger partial charge in [0.15, 0.2) is 5.69 Å². The van der Waals surface area contributed by atoms with Gasteiger partial charge in [-0.05, 0) is 24.6 Å². The minimum absolute atomic E-state index is 0.0160. The van der Waals surface area contributed by atoms with Gasteiger partial charge < -0.3 is 10.2 Å². The molecule has 0 aliphatic heterocycles. The summed E-state index contributed by atoms with van der Waals surface area (Å²) in [6.07, 6.45) is 2.44. The molecular formula is C16H19ClN4O2. The lowest BCUT2D eigenvalue weighted by atomic mass is 10.3. The molecular weight excluding hydrogens is 316 g/mol. The van der Waals surface area contributed by atoms with Crippen LogP contribution in [0.3, 0.4) is 0 Å². The van der Waals surface area contributed by atoms with Crippen molar-refractivity contribution in [2.45, 2.75) is 13.3 Å². The van der Waals surface area contributed by atoms with E-state index in [-0.39, 0.29) is 24.1 Å². The molecule has 0 aliphatic rings. The third kappa shape index (κ3) is 4.10. The van der Waals surface area contributed by atoms with Crippen molar-refractivity contribution in [1.82, 2.24) is 20.0 Å². The first-order chi connectivity index (χ1) is 11.1. The van der Waals surface area contributed by atoms with Gasteiger partial charge in [-0.1, -0.05) is 30.7 Å². The zero-order valence-corrected chi connectivity index (χ0v) is 13.9. The van der Waals surface area contributed by atoms with E-state index in [1.807, 2.05) is 25.1 Å². The van der Waals surface area contributed by atoms with E-state index in [9.17, 15) is 9.59 Å². The second-order valence-corrected chi connectivity index (χ2v) is 5.40. The Morgan fingerprint density at radius 3 is 2.70 bits per heavy atom. The highest BCUT2D eigenvalue weighted by atomic mass is 35.5. The summed E-state index contributed by atoms with van der Waals surface area (Å²) in [5.41, 5.74) is 0.976. The van der Waals surface area contributed by atoms with Crippen molar-refractivity contribution < 1.29 is 9.59 Å². The summed E-state index contributed by atoms with van der Waals surface area (Å²) in [6.45, 7) is 2.46. The predicted octanol–water partition coefficient (Wildman–Crippen LogP) is 2.12. The summed E-state index contributed by atoms with van der Waals surface area (Å²) in [5.74, 6) is -0.487. The lowest BCUT2D eigenvalue weighted by Crippen LogP contribution is -2.40. The van der Waals surface area contributed by atoms with E-state index in [0.717, 1.165) is 6.42 Å². The van der Waals surface area contributed by atoms with E-state index in [1.165, 1.54) is 4.90 Å². The summed E-state index contributed by atoms with van der Waals surface area (Å²) in [4.78, 5) is 25.6. The molecule has 6 nitrogen and oxygen atoms in total. The van der Waals surface area contributed by atoms with E-state index in [0.29, 0.717) is 17.3 Å². The van der Waals surface area contributed by atoms with Gasteiger partial charge in [0.25, 0.3) is 5.91 Å². The van der Waals surface area contributed by atoms with Gasteiger partial charge in [-0.15, -0.1) is 0 Å². The minimum Gasteiger partial charge on any atom is -0.358 e. The van der Waals surface area contributed by atoms with Crippen LogP contribution in [-0.2, 0) is 4.79 Å². The molecule has 0 fully saturated rings. The van der Waals surface area contributed by atoms with Crippen molar-refractivity contribution in [3.8, 4) is 5.69 Å². The molecule has 1 heterocycles. The Labute approximate surface area is 140 Å². The molecule has 2 amide bonds. The Kier molecular flexibility index (Phi) is 5.76. The van der Waals surface area contributed by atoms with Gasteiger partial charge in [0.05, 0.1) is 17.3 Å². The van der Waals surface area contributed by atoms with Gasteiger partial charge >= 0.3 is 0 Å². The third-order valence-corrected chi connectivity index (χ3v) is 3.62. The van der Waals surface area contributed by atoms with E-state index in [1.54, 1.807) is 30.1 Å². The van der Waals surface area contributed by atoms with Gasteiger partial charge in [-0.3, -0.25) is 9.59 Å². The maximum absolute atomic E-state index is 12.6. The second kappa shape index (κ2) is 7.78. The van der Waals surface area contributed by atoms with Crippen molar-refractivity contribution in [3.63, 3.8) is 0 Å². The average molecular weight is 335 g/mol. The van der Waals surface area contributed by atoms with Crippen LogP contribution in [0.4, 0.5) is 0 Å². The molecule has 0 radical (unpaired) electrons. The highest BCUT2D eigenvalue weighted by molar-refractivity contribution is 6.32. The lowest BCUT2D eigenvalue weighted by Gasteiger charge is -2.19. The van der Waals surface area contributed by atoms with Crippen molar-refractivity contribution in [2.75, 3.05) is 20.1 Å². The molecule has 1 N–H and O–H groups in total. The number of carbonyl (C=O) groups excluding carboxylic acids is 2. The van der Waals surface area contributed by atoms with Gasteiger partial charge in [-0.25, -0.2) is 4.68 Å². The minimum atomic E-state index is -0.277. The molecule has 23 heavy (non-hydrogen) atoms. The fourth-order valence-electron chi connectivity index (χ4n) is 2.15. The first-order valence-corrected chi connectivity index (χ1v) is 7.75. The van der Waals surface area contributed by atoms with Crippen molar-refractivity contribution in [2.24, 2.45) is 0 Å². The highest BCUT2D eigenvalue weighted by Crippen LogP contribution is 2.19. The Morgan fingerprint density at radius 2 is 2.04 bits per heavy atom. The van der Waals surface area contributed by atoms with Crippen LogP contribution in [0, 0.1) is 0 Å². The highest BCUT2D eigenvalue weighted by Gasteiger charge is 2.20. The molecule has 0 unspecified atom stereocenters. The molecule has 2 aromatic rings. The van der Waals surface area contributed by atoms with Crippen molar-refractivity contribution >= 4 is 23.4 Å². The van der Waals surface area contributed by atoms with E-state index < -0.39 is 0 Å². The fraction of sp³-hybridized carbons (Fsp3) is 0.312. The maximum atomic E-state index is 12.6. The number of carbonyl (C=O) groups is 2. The monoisotopic (exact) mass is 334 g/mol. The normalized spacial score (nSPS) is 10.4. The maximum Gasteiger partial charge on any atom is 0.274 e. The Morgan fingerprint density at radius 1 is 1.30 bits per heavy atom. The summed E-state index contributed by atoms with van der Waals surface area (Å²) < 4.78 is 1.56. The summed E-state index contributed by atoms with van der Waals surface area (Å²) in [7, 11) is 1.54. The van der Waals surface area contributed by atoms with Crippen LogP contribution in [0.15, 0.2) is 36.5 Å². The molecule has 1 aromatic heterocycles. The molecule has 122 valence electrons. The number of hydrogen-bond donors (Lipinski definition) is 1. The van der Waals surface area contributed by atoms with Gasteiger partial charge in [0.1, 0.15) is 0 Å². The van der Waals surface area contributed by atoms with E-state index in [4.69, 9.17) is 11.6 Å². The standard InChI is InChI=1S/C16H19ClN4O2/c1-3-9-20(11-15(22)18-2)16(23)13-8-10-21(19-13)14-7-5-4-6-12(14)17/h4-8,10H,3,9,11H2,1-2H3,(H,18,22). The SMILES string of the molecule is CCCN(CC(=O)NC)C(=O)c1ccn(-c2ccccc2Cl)n1. The number of nitrogens with one attached hydrogen (secondary N) is 1. The number of benzene rings is 1. The number of likely N-dealkylation sites (N-methyl/N-ethyl adjacent to an activating group) is 1. The number of rotatable bonds is 6. The number of aromatic nitrogens is 2. The number of hydrogen-bond acceptors (Lipinski definition) is 3. The Balaban J connectivity index is 2.22. The largest absolute Gasteiger partial charge is 0.358 e. The molecule has 0 spiro atoms. The first-order valence-electron chi connectivity index (χ1n) is 7.37. The molecule has 2 rings (SSSR count). The quantitative estimate of drug-likeness (QED) is 0.880. The second-order valence-electron chi connectivity index (χ2n) is 5.00. The van der Waals surface area contributed by atoms with Crippen LogP contribution in [0.2, 0.25) is 5.02 Å². The number of amides is 2. The van der Waals surface area contributed by atoms with Gasteiger partial charge in [-0.2, -0.15) is 5.10 Å². The number of nitrogens with zero attached hydrogens (tertiary/aromatic N) is 3. The molecule has 0 saturated heterocycles. The summed E-state index contributed by atoms with van der Waals surface area (Å²) >= 11 is 6.14. The van der Waals surface area contributed by atoms with Gasteiger partial charge in [0.2, 0.25) is 5.91 Å². The molecule has 0 aliphatic carbocycles. The van der Waals surface area contributed by atoms with Crippen LogP contribution < -0.4 is 5.32 Å². The summed E-state index contributed by atoms with van der Waals surface area (Å²) in [5, 5.41) is 7.36. The third-order valence-electron chi connectivity index (χ3n) is 3.30. The Bertz CT molecular complexity index is 699. The first kappa shape index (κ1) is 17.0. The van der Waals surface area contributed by atoms with Crippen LogP contribution in [0.1, 0.15) is 23.8 Å². The number of para-hydroxylation sites is 1. The fourth-order valence-corrected chi connectivity index (χ4v) is 2.37. The summed E-state index contributed by atoms with van der Waals surface area (Å²) in [6, 6.07) is 8.87. The van der Waals surface area contributed by atoms with Crippen molar-refractivity contribution in [1.29, 1.82) is 0 Å². The average Bonchev–Trinajstić information content (AvgIpc) is 3.03. The van der Waals surface area contributed by atoms with E-state index >= 15 is 0 Å². The van der Waals surface area contributed by atoms with Gasteiger partial charge in [0, 0.05) is 19.8 Å². The molecule has 1 aromatic carbocycles. The van der Waals surface area contributed by atoms with E-state index in [2.05, 4.69) is 10.4 Å². The zero-order valence-electron chi connectivity index (χ0n) is 13.1. The molecule has 0 bridgehead atoms. The van der Waals surface area contributed by atoms with Crippen LogP contribution in [-0.4, -0.2) is 46.6 Å². The molecule has 7 heteroatoms. The predicted molar refractivity (Wildman–Crippen MR) is 88.8 cm³/mol. The number of halogens is 1. The van der Waals surface area contributed by atoms with Crippen LogP contribution >= 0.6 is 11.6 Å². The topological polar surface area (TPSA) is 67.2 Å². The van der Waals surface area contributed by atoms with Crippen molar-refractivity contribution in [3.05, 3.63) is 47.2 Å². The smallest absolute Gasteiger partial charge is 0.274 e. The lowest BCUT2D eigenvalue weighted by molar-refractivity contribution is -0.121. The molecule has 0 atom stereocenters.